The Labute approximate surface area is 240 Å². The molecular weight excluding hydrogens is 500 g/mol. The molecule has 6 rings (SSSR count). The van der Waals surface area contributed by atoms with Crippen LogP contribution in [0.25, 0.3) is 0 Å². The Morgan fingerprint density at radius 2 is 1.60 bits per heavy atom. The van der Waals surface area contributed by atoms with Crippen LogP contribution in [0.15, 0.2) is 24.0 Å². The smallest absolute Gasteiger partial charge is 0.281 e. The first kappa shape index (κ1) is 27.7. The highest BCUT2D eigenvalue weighted by molar-refractivity contribution is 6.21. The van der Waals surface area contributed by atoms with Gasteiger partial charge in [0.1, 0.15) is 11.3 Å². The second kappa shape index (κ2) is 11.4. The normalized spacial score (nSPS) is 26.4. The van der Waals surface area contributed by atoms with E-state index in [9.17, 15) is 0 Å². The van der Waals surface area contributed by atoms with Gasteiger partial charge in [0.05, 0.1) is 38.1 Å². The summed E-state index contributed by atoms with van der Waals surface area (Å²) < 4.78 is 8.51. The van der Waals surface area contributed by atoms with E-state index in [4.69, 9.17) is 15.9 Å². The number of allylic oxidation sites excluding steroid dienone is 1. The van der Waals surface area contributed by atoms with Crippen molar-refractivity contribution < 1.29 is 9.31 Å². The molecule has 40 heavy (non-hydrogen) atoms. The van der Waals surface area contributed by atoms with E-state index in [0.29, 0.717) is 22.8 Å². The fourth-order valence-corrected chi connectivity index (χ4v) is 6.78. The number of piperazine rings is 1. The van der Waals surface area contributed by atoms with Gasteiger partial charge in [0.15, 0.2) is 5.70 Å². The average Bonchev–Trinajstić information content (AvgIpc) is 3.68. The minimum absolute atomic E-state index is 0.108. The zero-order chi connectivity index (χ0) is 27.9. The summed E-state index contributed by atoms with van der Waals surface area (Å²) in [6, 6.07) is 1.83. The Morgan fingerprint density at radius 1 is 1.00 bits per heavy atom. The third kappa shape index (κ3) is 6.21. The highest BCUT2D eigenvalue weighted by atomic mass is 16.5. The molecule has 0 aromatic carbocycles. The van der Waals surface area contributed by atoms with Gasteiger partial charge in [0.2, 0.25) is 5.88 Å². The minimum atomic E-state index is -0.108. The summed E-state index contributed by atoms with van der Waals surface area (Å²) in [5.74, 6) is 3.46. The van der Waals surface area contributed by atoms with Crippen molar-refractivity contribution in [3.05, 3.63) is 29.6 Å². The highest BCUT2D eigenvalue weighted by Crippen LogP contribution is 2.39. The van der Waals surface area contributed by atoms with Crippen LogP contribution in [0.4, 0.5) is 5.69 Å². The van der Waals surface area contributed by atoms with E-state index in [1.165, 1.54) is 83.9 Å². The maximum absolute atomic E-state index is 8.86. The summed E-state index contributed by atoms with van der Waals surface area (Å²) in [4.78, 5) is 14.4. The summed E-state index contributed by atoms with van der Waals surface area (Å²) in [6.07, 6.45) is 11.1. The van der Waals surface area contributed by atoms with Crippen LogP contribution in [0.1, 0.15) is 51.0 Å². The van der Waals surface area contributed by atoms with Gasteiger partial charge in [-0.15, -0.1) is 0 Å². The molecule has 5 aliphatic rings. The maximum Gasteiger partial charge on any atom is 0.281 e. The Morgan fingerprint density at radius 3 is 2.17 bits per heavy atom. The van der Waals surface area contributed by atoms with E-state index in [-0.39, 0.29) is 5.60 Å². The molecule has 3 N–H and O–H groups in total. The van der Waals surface area contributed by atoms with E-state index in [1.54, 1.807) is 6.20 Å². The number of amidine groups is 1. The number of likely N-dealkylation sites (N-methyl/N-ethyl adjacent to an activating group) is 1. The van der Waals surface area contributed by atoms with Gasteiger partial charge in [-0.05, 0) is 77.4 Å². The molecule has 4 fully saturated rings. The van der Waals surface area contributed by atoms with Gasteiger partial charge < -0.3 is 25.2 Å². The largest absolute Gasteiger partial charge is 0.471 e. The van der Waals surface area contributed by atoms with E-state index in [2.05, 4.69) is 56.3 Å². The fourth-order valence-electron chi connectivity index (χ4n) is 6.78. The Balaban J connectivity index is 0.974. The molecule has 0 unspecified atom stereocenters. The van der Waals surface area contributed by atoms with Crippen molar-refractivity contribution in [3.8, 4) is 5.88 Å². The van der Waals surface area contributed by atoms with E-state index >= 15 is 0 Å². The van der Waals surface area contributed by atoms with Gasteiger partial charge in [-0.1, -0.05) is 0 Å². The average molecular weight is 550 g/mol. The predicted octanol–water partition coefficient (Wildman–Crippen LogP) is 2.57. The van der Waals surface area contributed by atoms with Crippen molar-refractivity contribution in [2.45, 2.75) is 51.0 Å². The van der Waals surface area contributed by atoms with Crippen LogP contribution in [0.5, 0.6) is 5.88 Å². The number of aromatic nitrogens is 1. The van der Waals surface area contributed by atoms with Crippen molar-refractivity contribution in [3.63, 3.8) is 0 Å². The van der Waals surface area contributed by atoms with Crippen LogP contribution in [0.3, 0.4) is 0 Å². The monoisotopic (exact) mass is 549 g/mol. The molecule has 1 aromatic heterocycles. The highest BCUT2D eigenvalue weighted by Gasteiger charge is 2.41. The minimum Gasteiger partial charge on any atom is -0.471 e. The predicted molar refractivity (Wildman–Crippen MR) is 160 cm³/mol. The first-order valence-electron chi connectivity index (χ1n) is 15.5. The van der Waals surface area contributed by atoms with Crippen LogP contribution < -0.4 is 10.5 Å². The van der Waals surface area contributed by atoms with Gasteiger partial charge in [-0.3, -0.25) is 9.98 Å². The number of piperidine rings is 2. The number of likely N-dealkylation sites (tertiary alicyclic amines) is 1. The number of hydrogen-bond acceptors (Lipinski definition) is 7. The summed E-state index contributed by atoms with van der Waals surface area (Å²) in [6.45, 7) is 14.3. The number of rotatable bonds is 8. The molecule has 218 valence electrons. The van der Waals surface area contributed by atoms with Gasteiger partial charge in [-0.2, -0.15) is 0 Å². The lowest BCUT2D eigenvalue weighted by Gasteiger charge is -2.39. The molecule has 0 bridgehead atoms. The third-order valence-electron chi connectivity index (χ3n) is 9.99. The van der Waals surface area contributed by atoms with E-state index < -0.39 is 0 Å². The van der Waals surface area contributed by atoms with Gasteiger partial charge >= 0.3 is 0 Å². The zero-order valence-corrected chi connectivity index (χ0v) is 24.9. The molecular formula is C31H49N8O+. The maximum atomic E-state index is 8.86. The molecule has 9 nitrogen and oxygen atoms in total. The second-order valence-corrected chi connectivity index (χ2v) is 13.3. The number of nitrogens with one attached hydrogen (secondary N) is 1. The van der Waals surface area contributed by atoms with Gasteiger partial charge in [-0.25, -0.2) is 9.88 Å². The van der Waals surface area contributed by atoms with Crippen molar-refractivity contribution >= 4 is 17.2 Å². The molecule has 4 aliphatic heterocycles. The Bertz CT molecular complexity index is 1150. The van der Waals surface area contributed by atoms with Crippen LogP contribution in [-0.2, 0) is 0 Å². The van der Waals surface area contributed by atoms with Crippen LogP contribution in [0.2, 0.25) is 0 Å². The fraction of sp³-hybridized carbons (Fsp3) is 0.710. The molecule has 1 aromatic rings. The van der Waals surface area contributed by atoms with Crippen molar-refractivity contribution in [1.82, 2.24) is 24.6 Å². The Hall–Kier alpha value is -2.49. The lowest BCUT2D eigenvalue weighted by molar-refractivity contribution is -0.545. The van der Waals surface area contributed by atoms with E-state index in [0.717, 1.165) is 43.5 Å². The van der Waals surface area contributed by atoms with Crippen LogP contribution in [-0.4, -0.2) is 126 Å². The molecule has 9 heteroatoms. The zero-order valence-electron chi connectivity index (χ0n) is 24.9. The standard InChI is InChI=1S/C31H49N8O/c1-31(8-9-31)40-28-18-25(26(32)20-34-28)30(33)27-19-29(36(27)3)39-12-6-24(7-13-39)22-38-16-14-37(15-17-38)21-23-4-10-35(2)11-5-23/h18-20,23-24,33H,4-17,21-22,32H2,1-3H3/q+1. The quantitative estimate of drug-likeness (QED) is 0.381. The third-order valence-corrected chi connectivity index (χ3v) is 9.99. The van der Waals surface area contributed by atoms with Crippen LogP contribution in [0, 0.1) is 17.2 Å². The molecule has 3 saturated heterocycles. The van der Waals surface area contributed by atoms with Crippen molar-refractivity contribution in [1.29, 1.82) is 5.41 Å². The number of nitrogens with two attached hydrogens (primary N) is 1. The van der Waals surface area contributed by atoms with E-state index in [1.807, 2.05) is 6.07 Å². The Kier molecular flexibility index (Phi) is 7.90. The summed E-state index contributed by atoms with van der Waals surface area (Å²) in [5.41, 5.74) is 8.66. The molecule has 5 heterocycles. The number of anilines is 1. The van der Waals surface area contributed by atoms with Gasteiger partial charge in [0.25, 0.3) is 5.84 Å². The molecule has 0 spiro atoms. The number of nitrogens with zero attached hydrogens (tertiary/aromatic N) is 6. The lowest BCUT2D eigenvalue weighted by atomic mass is 9.95. The lowest BCUT2D eigenvalue weighted by Crippen LogP contribution is -2.50. The van der Waals surface area contributed by atoms with Crippen molar-refractivity contribution in [2.24, 2.45) is 11.8 Å². The summed E-state index contributed by atoms with van der Waals surface area (Å²) >= 11 is 0. The first-order valence-corrected chi connectivity index (χ1v) is 15.5. The first-order chi connectivity index (χ1) is 19.3. The molecule has 1 aliphatic carbocycles. The summed E-state index contributed by atoms with van der Waals surface area (Å²) in [5, 5.41) is 8.86. The molecule has 0 atom stereocenters. The second-order valence-electron chi connectivity index (χ2n) is 13.3. The molecule has 1 saturated carbocycles. The molecule has 0 radical (unpaired) electrons. The number of nitrogen functional groups attached to an aromatic ring is 1. The van der Waals surface area contributed by atoms with Crippen LogP contribution >= 0.6 is 0 Å². The summed E-state index contributed by atoms with van der Waals surface area (Å²) in [7, 11) is 4.32. The molecule has 0 amide bonds. The topological polar surface area (TPSA) is 88.0 Å². The number of ether oxygens (including phenoxy) is 1. The number of hydrogen-bond donors (Lipinski definition) is 2. The SMILES string of the molecule is CN1CCC(CN2CCN(CC3CC[N+](=C4C=C(C(=N)c5cc(OC6(C)CC6)ncc5N)N4C)CC3)CC2)CC1. The number of pyridine rings is 1. The van der Waals surface area contributed by atoms with Gasteiger partial charge in [0, 0.05) is 50.9 Å². The van der Waals surface area contributed by atoms with Crippen molar-refractivity contribution in [2.75, 3.05) is 85.3 Å².